The molecule has 184 valence electrons. The average Bonchev–Trinajstić information content (AvgIpc) is 3.51. The van der Waals surface area contributed by atoms with Crippen LogP contribution in [0.1, 0.15) is 94.2 Å². The predicted molar refractivity (Wildman–Crippen MR) is 133 cm³/mol. The number of aromatic nitrogens is 3. The van der Waals surface area contributed by atoms with Crippen LogP contribution in [0.25, 0.3) is 0 Å². The number of aryl methyl sites for hydroxylation is 3. The van der Waals surface area contributed by atoms with Crippen LogP contribution in [0.5, 0.6) is 0 Å². The van der Waals surface area contributed by atoms with Crippen molar-refractivity contribution in [2.45, 2.75) is 91.6 Å². The van der Waals surface area contributed by atoms with Gasteiger partial charge in [-0.05, 0) is 63.0 Å². The SMILES string of the molecule is Cc1ccc(NC(=O)[C@@H]2CCC(=O)N(C)[C@@H]2c2nnc(CCCC(C)(C)C)n2C2CC2)c(C)c1. The number of piperidine rings is 1. The van der Waals surface area contributed by atoms with Gasteiger partial charge in [0, 0.05) is 31.6 Å². The summed E-state index contributed by atoms with van der Waals surface area (Å²) in [5.74, 6) is 1.38. The molecule has 7 nitrogen and oxygen atoms in total. The van der Waals surface area contributed by atoms with Crippen LogP contribution in [-0.4, -0.2) is 38.5 Å². The van der Waals surface area contributed by atoms with Gasteiger partial charge in [-0.25, -0.2) is 0 Å². The molecule has 1 N–H and O–H groups in total. The number of hydrogen-bond acceptors (Lipinski definition) is 4. The first kappa shape index (κ1) is 24.4. The number of amides is 2. The summed E-state index contributed by atoms with van der Waals surface area (Å²) in [5.41, 5.74) is 3.29. The third-order valence-corrected chi connectivity index (χ3v) is 7.13. The van der Waals surface area contributed by atoms with E-state index >= 15 is 0 Å². The molecule has 1 aromatic heterocycles. The van der Waals surface area contributed by atoms with Crippen LogP contribution >= 0.6 is 0 Å². The first-order chi connectivity index (χ1) is 16.0. The van der Waals surface area contributed by atoms with Crippen molar-refractivity contribution in [3.63, 3.8) is 0 Å². The highest BCUT2D eigenvalue weighted by Gasteiger charge is 2.44. The Morgan fingerprint density at radius 2 is 1.88 bits per heavy atom. The zero-order valence-corrected chi connectivity index (χ0v) is 21.5. The van der Waals surface area contributed by atoms with E-state index in [1.165, 1.54) is 0 Å². The maximum absolute atomic E-state index is 13.5. The smallest absolute Gasteiger partial charge is 0.230 e. The number of benzene rings is 1. The second kappa shape index (κ2) is 9.51. The Morgan fingerprint density at radius 1 is 1.15 bits per heavy atom. The summed E-state index contributed by atoms with van der Waals surface area (Å²) in [4.78, 5) is 28.0. The number of nitrogens with zero attached hydrogens (tertiary/aromatic N) is 4. The fraction of sp³-hybridized carbons (Fsp3) is 0.630. The number of nitrogens with one attached hydrogen (secondary N) is 1. The number of hydrogen-bond donors (Lipinski definition) is 1. The van der Waals surface area contributed by atoms with E-state index in [2.05, 4.69) is 46.9 Å². The van der Waals surface area contributed by atoms with Gasteiger partial charge >= 0.3 is 0 Å². The summed E-state index contributed by atoms with van der Waals surface area (Å²) in [6.45, 7) is 10.8. The minimum Gasteiger partial charge on any atom is -0.335 e. The summed E-state index contributed by atoms with van der Waals surface area (Å²) in [6, 6.07) is 6.00. The van der Waals surface area contributed by atoms with E-state index < -0.39 is 6.04 Å². The third-order valence-electron chi connectivity index (χ3n) is 7.13. The molecule has 2 fully saturated rings. The maximum atomic E-state index is 13.5. The van der Waals surface area contributed by atoms with Crippen LogP contribution in [0.3, 0.4) is 0 Å². The molecule has 2 heterocycles. The molecule has 2 atom stereocenters. The van der Waals surface area contributed by atoms with E-state index in [1.807, 2.05) is 26.0 Å². The molecule has 0 bridgehead atoms. The minimum absolute atomic E-state index is 0.0557. The molecule has 34 heavy (non-hydrogen) atoms. The summed E-state index contributed by atoms with van der Waals surface area (Å²) >= 11 is 0. The highest BCUT2D eigenvalue weighted by Crippen LogP contribution is 2.42. The molecule has 1 aliphatic carbocycles. The third kappa shape index (κ3) is 5.34. The minimum atomic E-state index is -0.406. The van der Waals surface area contributed by atoms with Gasteiger partial charge in [0.15, 0.2) is 5.82 Å². The number of likely N-dealkylation sites (tertiary alicyclic amines) is 1. The van der Waals surface area contributed by atoms with E-state index in [4.69, 9.17) is 0 Å². The van der Waals surface area contributed by atoms with Gasteiger partial charge in [-0.1, -0.05) is 38.5 Å². The molecule has 7 heteroatoms. The monoisotopic (exact) mass is 465 g/mol. The van der Waals surface area contributed by atoms with Crippen LogP contribution in [0.15, 0.2) is 18.2 Å². The van der Waals surface area contributed by atoms with Crippen molar-refractivity contribution in [2.75, 3.05) is 12.4 Å². The second-order valence-electron chi connectivity index (χ2n) is 11.4. The van der Waals surface area contributed by atoms with E-state index in [1.54, 1.807) is 11.9 Å². The zero-order chi connectivity index (χ0) is 24.6. The summed E-state index contributed by atoms with van der Waals surface area (Å²) in [7, 11) is 1.80. The Balaban J connectivity index is 1.61. The summed E-state index contributed by atoms with van der Waals surface area (Å²) in [5, 5.41) is 12.3. The van der Waals surface area contributed by atoms with Gasteiger partial charge in [0.1, 0.15) is 11.9 Å². The molecule has 1 saturated carbocycles. The first-order valence-electron chi connectivity index (χ1n) is 12.6. The molecule has 2 amide bonds. The van der Waals surface area contributed by atoms with Crippen molar-refractivity contribution in [1.29, 1.82) is 0 Å². The molecule has 1 aliphatic heterocycles. The van der Waals surface area contributed by atoms with Gasteiger partial charge in [0.25, 0.3) is 0 Å². The fourth-order valence-electron chi connectivity index (χ4n) is 5.06. The molecular formula is C27H39N5O2. The lowest BCUT2D eigenvalue weighted by molar-refractivity contribution is -0.140. The van der Waals surface area contributed by atoms with Crippen molar-refractivity contribution in [3.05, 3.63) is 41.0 Å². The van der Waals surface area contributed by atoms with Crippen molar-refractivity contribution >= 4 is 17.5 Å². The van der Waals surface area contributed by atoms with Gasteiger partial charge in [0.05, 0.1) is 5.92 Å². The van der Waals surface area contributed by atoms with Crippen LogP contribution in [0, 0.1) is 25.2 Å². The van der Waals surface area contributed by atoms with Gasteiger partial charge in [-0.3, -0.25) is 9.59 Å². The lowest BCUT2D eigenvalue weighted by Gasteiger charge is -2.37. The van der Waals surface area contributed by atoms with Crippen molar-refractivity contribution in [3.8, 4) is 0 Å². The predicted octanol–water partition coefficient (Wildman–Crippen LogP) is 5.15. The molecular weight excluding hydrogens is 426 g/mol. The highest BCUT2D eigenvalue weighted by molar-refractivity contribution is 5.95. The second-order valence-corrected chi connectivity index (χ2v) is 11.4. The molecule has 0 unspecified atom stereocenters. The van der Waals surface area contributed by atoms with Crippen LogP contribution in [0.2, 0.25) is 0 Å². The van der Waals surface area contributed by atoms with E-state index in [0.717, 1.165) is 60.6 Å². The van der Waals surface area contributed by atoms with Gasteiger partial charge in [-0.2, -0.15) is 0 Å². The number of anilines is 1. The molecule has 1 aromatic carbocycles. The van der Waals surface area contributed by atoms with Gasteiger partial charge < -0.3 is 14.8 Å². The Bertz CT molecular complexity index is 1060. The molecule has 2 aliphatic rings. The van der Waals surface area contributed by atoms with E-state index in [0.29, 0.717) is 18.9 Å². The Hall–Kier alpha value is -2.70. The van der Waals surface area contributed by atoms with E-state index in [9.17, 15) is 9.59 Å². The molecule has 0 radical (unpaired) electrons. The van der Waals surface area contributed by atoms with Crippen LogP contribution in [0.4, 0.5) is 5.69 Å². The molecule has 2 aromatic rings. The van der Waals surface area contributed by atoms with Crippen molar-refractivity contribution in [2.24, 2.45) is 11.3 Å². The number of rotatable bonds is 7. The number of carbonyl (C=O) groups excluding carboxylic acids is 2. The topological polar surface area (TPSA) is 80.1 Å². The number of carbonyl (C=O) groups is 2. The first-order valence-corrected chi connectivity index (χ1v) is 12.6. The molecule has 1 saturated heterocycles. The van der Waals surface area contributed by atoms with Crippen molar-refractivity contribution in [1.82, 2.24) is 19.7 Å². The van der Waals surface area contributed by atoms with Gasteiger partial charge in [0.2, 0.25) is 11.8 Å². The van der Waals surface area contributed by atoms with Crippen molar-refractivity contribution < 1.29 is 9.59 Å². The summed E-state index contributed by atoms with van der Waals surface area (Å²) in [6.07, 6.45) is 6.11. The largest absolute Gasteiger partial charge is 0.335 e. The van der Waals surface area contributed by atoms with Crippen LogP contribution < -0.4 is 5.32 Å². The lowest BCUT2D eigenvalue weighted by atomic mass is 9.87. The highest BCUT2D eigenvalue weighted by atomic mass is 16.2. The Morgan fingerprint density at radius 3 is 2.53 bits per heavy atom. The van der Waals surface area contributed by atoms with E-state index in [-0.39, 0.29) is 23.1 Å². The standard InChI is InChI=1S/C27H39N5O2/c1-17-9-13-21(18(2)16-17)28-26(34)20-12-14-23(33)31(6)24(20)25-30-29-22(32(25)19-10-11-19)8-7-15-27(3,4)5/h9,13,16,19-20,24H,7-8,10-12,14-15H2,1-6H3,(H,28,34)/t20-,24+/m1/s1. The Kier molecular flexibility index (Phi) is 6.83. The summed E-state index contributed by atoms with van der Waals surface area (Å²) < 4.78 is 2.25. The molecule has 0 spiro atoms. The van der Waals surface area contributed by atoms with Gasteiger partial charge in [-0.15, -0.1) is 10.2 Å². The average molecular weight is 466 g/mol. The quantitative estimate of drug-likeness (QED) is 0.613. The lowest BCUT2D eigenvalue weighted by Crippen LogP contribution is -2.45. The van der Waals surface area contributed by atoms with Crippen LogP contribution in [-0.2, 0) is 16.0 Å². The maximum Gasteiger partial charge on any atom is 0.230 e. The normalized spacial score (nSPS) is 21.1. The fourth-order valence-corrected chi connectivity index (χ4v) is 5.06. The molecule has 4 rings (SSSR count). The zero-order valence-electron chi connectivity index (χ0n) is 21.5. The Labute approximate surface area is 203 Å².